The number of hydrogen-bond donors (Lipinski definition) is 0. The van der Waals surface area contributed by atoms with Gasteiger partial charge in [-0.2, -0.15) is 0 Å². The Morgan fingerprint density at radius 3 is 2.62 bits per heavy atom. The van der Waals surface area contributed by atoms with Crippen LogP contribution in [0, 0.1) is 6.92 Å². The Morgan fingerprint density at radius 1 is 1.38 bits per heavy atom. The molecule has 0 radical (unpaired) electrons. The predicted molar refractivity (Wildman–Crippen MR) is 64.9 cm³/mol. The fourth-order valence-corrected chi connectivity index (χ4v) is 2.08. The van der Waals surface area contributed by atoms with Crippen LogP contribution in [0.25, 0.3) is 11.0 Å². The molecule has 0 unspecified atom stereocenters. The lowest BCUT2D eigenvalue weighted by Gasteiger charge is -2.10. The van der Waals surface area contributed by atoms with Gasteiger partial charge in [0.25, 0.3) is 0 Å². The maximum absolute atomic E-state index is 11.3. The van der Waals surface area contributed by atoms with Gasteiger partial charge in [0.1, 0.15) is 5.82 Å². The Labute approximate surface area is 95.1 Å². The Balaban J connectivity index is 2.74. The molecular formula is C13H16N2O. The summed E-state index contributed by atoms with van der Waals surface area (Å²) >= 11 is 0. The zero-order chi connectivity index (χ0) is 11.9. The average Bonchev–Trinajstić information content (AvgIpc) is 2.51. The SMILES string of the molecule is CC(=O)c1ccc2nc(C)n(C(C)C)c2c1. The van der Waals surface area contributed by atoms with Crippen molar-refractivity contribution in [3.8, 4) is 0 Å². The number of ketones is 1. The van der Waals surface area contributed by atoms with Gasteiger partial charge in [-0.1, -0.05) is 0 Å². The second kappa shape index (κ2) is 3.74. The molecule has 3 nitrogen and oxygen atoms in total. The number of nitrogens with zero attached hydrogens (tertiary/aromatic N) is 2. The monoisotopic (exact) mass is 216 g/mol. The van der Waals surface area contributed by atoms with E-state index in [0.29, 0.717) is 6.04 Å². The first-order valence-electron chi connectivity index (χ1n) is 5.50. The predicted octanol–water partition coefficient (Wildman–Crippen LogP) is 3.13. The zero-order valence-corrected chi connectivity index (χ0v) is 10.1. The van der Waals surface area contributed by atoms with Gasteiger partial charge in [0.05, 0.1) is 11.0 Å². The number of fused-ring (bicyclic) bond motifs is 1. The molecule has 0 aliphatic carbocycles. The average molecular weight is 216 g/mol. The molecule has 2 rings (SSSR count). The minimum absolute atomic E-state index is 0.0936. The summed E-state index contributed by atoms with van der Waals surface area (Å²) < 4.78 is 2.15. The number of imidazole rings is 1. The second-order valence-corrected chi connectivity index (χ2v) is 4.38. The first kappa shape index (κ1) is 10.9. The van der Waals surface area contributed by atoms with E-state index in [1.165, 1.54) is 0 Å². The van der Waals surface area contributed by atoms with E-state index in [1.54, 1.807) is 6.92 Å². The van der Waals surface area contributed by atoms with Crippen molar-refractivity contribution >= 4 is 16.8 Å². The lowest BCUT2D eigenvalue weighted by molar-refractivity contribution is 0.101. The Kier molecular flexibility index (Phi) is 2.54. The van der Waals surface area contributed by atoms with Crippen LogP contribution in [0.5, 0.6) is 0 Å². The number of benzene rings is 1. The van der Waals surface area contributed by atoms with Crippen molar-refractivity contribution in [1.82, 2.24) is 9.55 Å². The maximum Gasteiger partial charge on any atom is 0.159 e. The summed E-state index contributed by atoms with van der Waals surface area (Å²) in [4.78, 5) is 15.8. The molecule has 1 heterocycles. The van der Waals surface area contributed by atoms with Crippen molar-refractivity contribution in [2.24, 2.45) is 0 Å². The highest BCUT2D eigenvalue weighted by atomic mass is 16.1. The van der Waals surface area contributed by atoms with Crippen molar-refractivity contribution in [3.05, 3.63) is 29.6 Å². The highest BCUT2D eigenvalue weighted by Gasteiger charge is 2.11. The van der Waals surface area contributed by atoms with Crippen LogP contribution in [0.15, 0.2) is 18.2 Å². The molecule has 0 N–H and O–H groups in total. The topological polar surface area (TPSA) is 34.9 Å². The van der Waals surface area contributed by atoms with E-state index in [-0.39, 0.29) is 5.78 Å². The minimum atomic E-state index is 0.0936. The largest absolute Gasteiger partial charge is 0.326 e. The molecule has 0 aliphatic rings. The van der Waals surface area contributed by atoms with Gasteiger partial charge in [0.2, 0.25) is 0 Å². The lowest BCUT2D eigenvalue weighted by Crippen LogP contribution is -2.03. The molecule has 0 saturated carbocycles. The highest BCUT2D eigenvalue weighted by molar-refractivity contribution is 5.97. The van der Waals surface area contributed by atoms with Crippen LogP contribution in [-0.4, -0.2) is 15.3 Å². The third-order valence-corrected chi connectivity index (χ3v) is 2.79. The van der Waals surface area contributed by atoms with Crippen LogP contribution in [0.3, 0.4) is 0 Å². The second-order valence-electron chi connectivity index (χ2n) is 4.38. The molecule has 0 atom stereocenters. The molecule has 0 amide bonds. The first-order chi connectivity index (χ1) is 7.50. The van der Waals surface area contributed by atoms with Crippen LogP contribution in [0.4, 0.5) is 0 Å². The van der Waals surface area contributed by atoms with E-state index in [1.807, 2.05) is 25.1 Å². The van der Waals surface area contributed by atoms with Gasteiger partial charge in [0, 0.05) is 11.6 Å². The summed E-state index contributed by atoms with van der Waals surface area (Å²) in [5.74, 6) is 1.08. The van der Waals surface area contributed by atoms with E-state index in [9.17, 15) is 4.79 Å². The van der Waals surface area contributed by atoms with Crippen LogP contribution in [-0.2, 0) is 0 Å². The zero-order valence-electron chi connectivity index (χ0n) is 10.1. The molecular weight excluding hydrogens is 200 g/mol. The molecule has 2 aromatic rings. The fourth-order valence-electron chi connectivity index (χ4n) is 2.08. The summed E-state index contributed by atoms with van der Waals surface area (Å²) in [5, 5.41) is 0. The lowest BCUT2D eigenvalue weighted by atomic mass is 10.1. The third-order valence-electron chi connectivity index (χ3n) is 2.79. The molecule has 1 aromatic carbocycles. The summed E-state index contributed by atoms with van der Waals surface area (Å²) in [6.45, 7) is 7.82. The van der Waals surface area contributed by atoms with Crippen molar-refractivity contribution in [2.75, 3.05) is 0 Å². The molecule has 0 bridgehead atoms. The van der Waals surface area contributed by atoms with Crippen molar-refractivity contribution in [3.63, 3.8) is 0 Å². The van der Waals surface area contributed by atoms with E-state index < -0.39 is 0 Å². The van der Waals surface area contributed by atoms with Gasteiger partial charge in [0.15, 0.2) is 5.78 Å². The molecule has 16 heavy (non-hydrogen) atoms. The van der Waals surface area contributed by atoms with E-state index in [0.717, 1.165) is 22.4 Å². The normalized spacial score (nSPS) is 11.3. The van der Waals surface area contributed by atoms with Crippen molar-refractivity contribution < 1.29 is 4.79 Å². The smallest absolute Gasteiger partial charge is 0.159 e. The summed E-state index contributed by atoms with van der Waals surface area (Å²) in [6.07, 6.45) is 0. The molecule has 0 aliphatic heterocycles. The van der Waals surface area contributed by atoms with Crippen molar-refractivity contribution in [2.45, 2.75) is 33.7 Å². The Morgan fingerprint density at radius 2 is 2.06 bits per heavy atom. The first-order valence-corrected chi connectivity index (χ1v) is 5.50. The minimum Gasteiger partial charge on any atom is -0.326 e. The van der Waals surface area contributed by atoms with Gasteiger partial charge in [-0.25, -0.2) is 4.98 Å². The number of aromatic nitrogens is 2. The van der Waals surface area contributed by atoms with Gasteiger partial charge in [-0.15, -0.1) is 0 Å². The molecule has 3 heteroatoms. The standard InChI is InChI=1S/C13H16N2O/c1-8(2)15-10(4)14-12-6-5-11(9(3)16)7-13(12)15/h5-8H,1-4H3. The molecule has 0 fully saturated rings. The van der Waals surface area contributed by atoms with E-state index in [4.69, 9.17) is 0 Å². The van der Waals surface area contributed by atoms with Gasteiger partial charge < -0.3 is 4.57 Å². The molecule has 0 spiro atoms. The number of Topliss-reactive ketones (excluding diaryl/α,β-unsaturated/α-hetero) is 1. The van der Waals surface area contributed by atoms with Crippen LogP contribution in [0.2, 0.25) is 0 Å². The Bertz CT molecular complexity index is 552. The van der Waals surface area contributed by atoms with Gasteiger partial charge in [-0.05, 0) is 45.9 Å². The maximum atomic E-state index is 11.3. The molecule has 84 valence electrons. The van der Waals surface area contributed by atoms with Gasteiger partial charge in [-0.3, -0.25) is 4.79 Å². The van der Waals surface area contributed by atoms with Crippen LogP contribution < -0.4 is 0 Å². The van der Waals surface area contributed by atoms with Crippen molar-refractivity contribution in [1.29, 1.82) is 0 Å². The molecule has 1 aromatic heterocycles. The summed E-state index contributed by atoms with van der Waals surface area (Å²) in [7, 11) is 0. The molecule has 0 saturated heterocycles. The van der Waals surface area contributed by atoms with E-state index in [2.05, 4.69) is 23.4 Å². The van der Waals surface area contributed by atoms with Crippen LogP contribution in [0.1, 0.15) is 43.0 Å². The van der Waals surface area contributed by atoms with Crippen LogP contribution >= 0.6 is 0 Å². The summed E-state index contributed by atoms with van der Waals surface area (Å²) in [6, 6.07) is 6.03. The van der Waals surface area contributed by atoms with Gasteiger partial charge >= 0.3 is 0 Å². The number of carbonyl (C=O) groups excluding carboxylic acids is 1. The Hall–Kier alpha value is -1.64. The van der Waals surface area contributed by atoms with E-state index >= 15 is 0 Å². The summed E-state index contributed by atoms with van der Waals surface area (Å²) in [5.41, 5.74) is 2.74. The number of rotatable bonds is 2. The number of hydrogen-bond acceptors (Lipinski definition) is 2. The quantitative estimate of drug-likeness (QED) is 0.723. The highest BCUT2D eigenvalue weighted by Crippen LogP contribution is 2.21. The number of carbonyl (C=O) groups is 1. The number of aryl methyl sites for hydroxylation is 1. The third kappa shape index (κ3) is 1.62. The fraction of sp³-hybridized carbons (Fsp3) is 0.385.